The van der Waals surface area contributed by atoms with Crippen LogP contribution < -0.4 is 0 Å². The van der Waals surface area contributed by atoms with Crippen molar-refractivity contribution in [1.82, 2.24) is 20.0 Å². The summed E-state index contributed by atoms with van der Waals surface area (Å²) in [5.74, 6) is 1.90. The van der Waals surface area contributed by atoms with Gasteiger partial charge in [0, 0.05) is 12.1 Å². The molecule has 1 aliphatic rings. The lowest BCUT2D eigenvalue weighted by atomic mass is 10.4. The first-order valence-corrected chi connectivity index (χ1v) is 5.61. The van der Waals surface area contributed by atoms with Crippen molar-refractivity contribution >= 4 is 15.9 Å². The van der Waals surface area contributed by atoms with E-state index in [1.54, 1.807) is 10.9 Å². The Kier molecular flexibility index (Phi) is 2.09. The number of rotatable bonds is 3. The molecule has 0 aliphatic heterocycles. The van der Waals surface area contributed by atoms with Crippen LogP contribution in [0.15, 0.2) is 21.3 Å². The van der Waals surface area contributed by atoms with Crippen LogP contribution >= 0.6 is 15.9 Å². The Morgan fingerprint density at radius 2 is 2.33 bits per heavy atom. The first-order valence-electron chi connectivity index (χ1n) is 4.81. The van der Waals surface area contributed by atoms with Gasteiger partial charge >= 0.3 is 0 Å². The molecule has 0 unspecified atom stereocenters. The molecule has 3 rings (SSSR count). The molecule has 1 aliphatic carbocycles. The lowest BCUT2D eigenvalue weighted by Gasteiger charge is -1.94. The molecule has 0 bridgehead atoms. The molecule has 1 saturated carbocycles. The van der Waals surface area contributed by atoms with Crippen molar-refractivity contribution in [3.8, 4) is 0 Å². The summed E-state index contributed by atoms with van der Waals surface area (Å²) in [6, 6.07) is 0. The van der Waals surface area contributed by atoms with Crippen molar-refractivity contribution in [2.75, 3.05) is 0 Å². The fourth-order valence-electron chi connectivity index (χ4n) is 1.39. The molecule has 2 aromatic heterocycles. The first-order chi connectivity index (χ1) is 7.31. The van der Waals surface area contributed by atoms with E-state index in [4.69, 9.17) is 4.42 Å². The number of hydrogen-bond donors (Lipinski definition) is 0. The third-order valence-electron chi connectivity index (χ3n) is 2.31. The van der Waals surface area contributed by atoms with E-state index in [9.17, 15) is 0 Å². The molecule has 0 atom stereocenters. The second kappa shape index (κ2) is 3.44. The SMILES string of the molecule is Brc1cnn(Cc2nnc(C3CC3)o2)c1. The van der Waals surface area contributed by atoms with Crippen LogP contribution in [-0.2, 0) is 6.54 Å². The van der Waals surface area contributed by atoms with Gasteiger partial charge in [0.25, 0.3) is 0 Å². The molecule has 0 aromatic carbocycles. The summed E-state index contributed by atoms with van der Waals surface area (Å²) in [5, 5.41) is 12.1. The van der Waals surface area contributed by atoms with Crippen molar-refractivity contribution in [2.24, 2.45) is 0 Å². The fraction of sp³-hybridized carbons (Fsp3) is 0.444. The highest BCUT2D eigenvalue weighted by atomic mass is 79.9. The smallest absolute Gasteiger partial charge is 0.237 e. The van der Waals surface area contributed by atoms with E-state index in [2.05, 4.69) is 31.2 Å². The maximum atomic E-state index is 5.52. The highest BCUT2D eigenvalue weighted by Gasteiger charge is 2.29. The minimum Gasteiger partial charge on any atom is -0.423 e. The standard InChI is InChI=1S/C9H9BrN4O/c10-7-3-11-14(4-7)5-8-12-13-9(15-8)6-1-2-6/h3-4,6H,1-2,5H2. The first kappa shape index (κ1) is 9.08. The maximum absolute atomic E-state index is 5.52. The maximum Gasteiger partial charge on any atom is 0.237 e. The molecule has 0 radical (unpaired) electrons. The third-order valence-corrected chi connectivity index (χ3v) is 2.72. The monoisotopic (exact) mass is 268 g/mol. The molecule has 2 aromatic rings. The van der Waals surface area contributed by atoms with E-state index < -0.39 is 0 Å². The van der Waals surface area contributed by atoms with Crippen LogP contribution in [0.5, 0.6) is 0 Å². The molecule has 0 spiro atoms. The third kappa shape index (κ3) is 1.94. The van der Waals surface area contributed by atoms with Crippen LogP contribution in [-0.4, -0.2) is 20.0 Å². The molecule has 0 amide bonds. The summed E-state index contributed by atoms with van der Waals surface area (Å²) in [6.45, 7) is 0.533. The lowest BCUT2D eigenvalue weighted by Crippen LogP contribution is -1.99. The Morgan fingerprint density at radius 1 is 1.47 bits per heavy atom. The Bertz CT molecular complexity index is 474. The zero-order valence-electron chi connectivity index (χ0n) is 7.93. The minimum atomic E-state index is 0.510. The van der Waals surface area contributed by atoms with Gasteiger partial charge < -0.3 is 4.42 Å². The summed E-state index contributed by atoms with van der Waals surface area (Å²) < 4.78 is 8.23. The normalized spacial score (nSPS) is 15.8. The topological polar surface area (TPSA) is 56.7 Å². The van der Waals surface area contributed by atoms with E-state index >= 15 is 0 Å². The zero-order valence-corrected chi connectivity index (χ0v) is 9.51. The highest BCUT2D eigenvalue weighted by Crippen LogP contribution is 2.38. The summed E-state index contributed by atoms with van der Waals surface area (Å²) >= 11 is 3.33. The van der Waals surface area contributed by atoms with E-state index in [0.717, 1.165) is 10.4 Å². The van der Waals surface area contributed by atoms with Crippen LogP contribution in [0.25, 0.3) is 0 Å². The van der Waals surface area contributed by atoms with E-state index in [1.165, 1.54) is 12.8 Å². The zero-order chi connectivity index (χ0) is 10.3. The van der Waals surface area contributed by atoms with Gasteiger partial charge in [-0.2, -0.15) is 5.10 Å². The van der Waals surface area contributed by atoms with E-state index in [-0.39, 0.29) is 0 Å². The summed E-state index contributed by atoms with van der Waals surface area (Å²) in [4.78, 5) is 0. The van der Waals surface area contributed by atoms with Crippen LogP contribution in [0, 0.1) is 0 Å². The van der Waals surface area contributed by atoms with Crippen LogP contribution in [0.4, 0.5) is 0 Å². The quantitative estimate of drug-likeness (QED) is 0.854. The Balaban J connectivity index is 1.75. The second-order valence-electron chi connectivity index (χ2n) is 3.66. The second-order valence-corrected chi connectivity index (χ2v) is 4.58. The lowest BCUT2D eigenvalue weighted by molar-refractivity contribution is 0.431. The van der Waals surface area contributed by atoms with Gasteiger partial charge in [-0.25, -0.2) is 0 Å². The fourth-order valence-corrected chi connectivity index (χ4v) is 1.72. The molecule has 78 valence electrons. The van der Waals surface area contributed by atoms with Crippen molar-refractivity contribution < 1.29 is 4.42 Å². The van der Waals surface area contributed by atoms with Gasteiger partial charge in [-0.05, 0) is 28.8 Å². The molecule has 0 N–H and O–H groups in total. The predicted molar refractivity (Wildman–Crippen MR) is 55.3 cm³/mol. The molecular weight excluding hydrogens is 260 g/mol. The van der Waals surface area contributed by atoms with Crippen molar-refractivity contribution in [2.45, 2.75) is 25.3 Å². The molecule has 0 saturated heterocycles. The van der Waals surface area contributed by atoms with Gasteiger partial charge in [0.05, 0.1) is 10.7 Å². The van der Waals surface area contributed by atoms with Crippen molar-refractivity contribution in [3.63, 3.8) is 0 Å². The molecular formula is C9H9BrN4O. The average Bonchev–Trinajstić information content (AvgIpc) is 2.84. The van der Waals surface area contributed by atoms with E-state index in [1.807, 2.05) is 6.20 Å². The largest absolute Gasteiger partial charge is 0.423 e. The Labute approximate surface area is 94.6 Å². The molecule has 2 heterocycles. The minimum absolute atomic E-state index is 0.510. The van der Waals surface area contributed by atoms with Crippen LogP contribution in [0.3, 0.4) is 0 Å². The van der Waals surface area contributed by atoms with Crippen molar-refractivity contribution in [3.05, 3.63) is 28.6 Å². The number of halogens is 1. The molecule has 1 fully saturated rings. The predicted octanol–water partition coefficient (Wildman–Crippen LogP) is 1.95. The summed E-state index contributed by atoms with van der Waals surface area (Å²) in [7, 11) is 0. The number of aromatic nitrogens is 4. The Hall–Kier alpha value is -1.17. The van der Waals surface area contributed by atoms with Gasteiger partial charge in [-0.1, -0.05) is 0 Å². The summed E-state index contributed by atoms with van der Waals surface area (Å²) in [6.07, 6.45) is 5.96. The van der Waals surface area contributed by atoms with Gasteiger partial charge in [0.1, 0.15) is 6.54 Å². The van der Waals surface area contributed by atoms with Crippen molar-refractivity contribution in [1.29, 1.82) is 0 Å². The van der Waals surface area contributed by atoms with Gasteiger partial charge in [0.2, 0.25) is 11.8 Å². The highest BCUT2D eigenvalue weighted by molar-refractivity contribution is 9.10. The van der Waals surface area contributed by atoms with Crippen LogP contribution in [0.1, 0.15) is 30.5 Å². The molecule has 15 heavy (non-hydrogen) atoms. The van der Waals surface area contributed by atoms with Gasteiger partial charge in [-0.15, -0.1) is 10.2 Å². The number of nitrogens with zero attached hydrogens (tertiary/aromatic N) is 4. The Morgan fingerprint density at radius 3 is 3.00 bits per heavy atom. The van der Waals surface area contributed by atoms with Gasteiger partial charge in [-0.3, -0.25) is 4.68 Å². The molecule has 6 heteroatoms. The number of hydrogen-bond acceptors (Lipinski definition) is 4. The summed E-state index contributed by atoms with van der Waals surface area (Å²) in [5.41, 5.74) is 0. The van der Waals surface area contributed by atoms with E-state index in [0.29, 0.717) is 18.4 Å². The van der Waals surface area contributed by atoms with Gasteiger partial charge in [0.15, 0.2) is 0 Å². The van der Waals surface area contributed by atoms with Crippen LogP contribution in [0.2, 0.25) is 0 Å². The average molecular weight is 269 g/mol. The molecule has 5 nitrogen and oxygen atoms in total.